The predicted octanol–water partition coefficient (Wildman–Crippen LogP) is 0.656. The van der Waals surface area contributed by atoms with Crippen LogP contribution >= 0.6 is 12.4 Å². The molecule has 124 valence electrons. The molecule has 0 spiro atoms. The fourth-order valence-electron chi connectivity index (χ4n) is 2.37. The van der Waals surface area contributed by atoms with Crippen LogP contribution in [0.3, 0.4) is 0 Å². The molecule has 0 atom stereocenters. The molecule has 1 amide bonds. The number of rotatable bonds is 5. The molecule has 1 aromatic rings. The maximum Gasteiger partial charge on any atom is 0.240 e. The molecule has 6 nitrogen and oxygen atoms in total. The van der Waals surface area contributed by atoms with Crippen LogP contribution in [0.5, 0.6) is 0 Å². The van der Waals surface area contributed by atoms with Gasteiger partial charge in [-0.25, -0.2) is 13.1 Å². The average molecular weight is 348 g/mol. The number of carbonyl (C=O) groups excluding carboxylic acids is 1. The fourth-order valence-corrected chi connectivity index (χ4v) is 3.39. The van der Waals surface area contributed by atoms with Gasteiger partial charge in [-0.2, -0.15) is 0 Å². The summed E-state index contributed by atoms with van der Waals surface area (Å²) in [6, 6.07) is 6.09. The van der Waals surface area contributed by atoms with Gasteiger partial charge in [0.15, 0.2) is 0 Å². The molecule has 22 heavy (non-hydrogen) atoms. The highest BCUT2D eigenvalue weighted by molar-refractivity contribution is 7.88. The average Bonchev–Trinajstić information content (AvgIpc) is 2.80. The lowest BCUT2D eigenvalue weighted by atomic mass is 10.0. The van der Waals surface area contributed by atoms with E-state index in [1.807, 2.05) is 6.07 Å². The Morgan fingerprint density at radius 3 is 2.55 bits per heavy atom. The van der Waals surface area contributed by atoms with E-state index >= 15 is 0 Å². The number of amides is 1. The monoisotopic (exact) mass is 347 g/mol. The first-order chi connectivity index (χ1) is 9.67. The Morgan fingerprint density at radius 1 is 1.27 bits per heavy atom. The van der Waals surface area contributed by atoms with Gasteiger partial charge in [-0.3, -0.25) is 4.79 Å². The Hall–Kier alpha value is -1.15. The van der Waals surface area contributed by atoms with Crippen LogP contribution < -0.4 is 15.4 Å². The van der Waals surface area contributed by atoms with Crippen LogP contribution in [-0.4, -0.2) is 26.1 Å². The number of fused-ring (bicyclic) bond motifs is 1. The summed E-state index contributed by atoms with van der Waals surface area (Å²) >= 11 is 0. The van der Waals surface area contributed by atoms with Crippen molar-refractivity contribution in [3.05, 3.63) is 34.9 Å². The van der Waals surface area contributed by atoms with Crippen LogP contribution in [0.2, 0.25) is 0 Å². The summed E-state index contributed by atoms with van der Waals surface area (Å²) in [5.74, 6) is -0.355. The van der Waals surface area contributed by atoms with Crippen LogP contribution in [0.25, 0.3) is 0 Å². The second-order valence-corrected chi connectivity index (χ2v) is 7.64. The summed E-state index contributed by atoms with van der Waals surface area (Å²) in [6.07, 6.45) is 1.04. The standard InChI is InChI=1S/C14H21N3O3S.ClH/c1-14(2,17-21(3,19)20)13(18)16-7-10-4-5-11-8-15-9-12(11)6-10;/h4-6,15,17H,7-9H2,1-3H3,(H,16,18);1H. The number of hydrogen-bond acceptors (Lipinski definition) is 4. The lowest BCUT2D eigenvalue weighted by molar-refractivity contribution is -0.125. The van der Waals surface area contributed by atoms with Crippen LogP contribution in [0.15, 0.2) is 18.2 Å². The molecule has 2 rings (SSSR count). The quantitative estimate of drug-likeness (QED) is 0.730. The normalized spacial score (nSPS) is 14.1. The highest BCUT2D eigenvalue weighted by Crippen LogP contribution is 2.17. The molecular formula is C14H22ClN3O3S. The van der Waals surface area contributed by atoms with Gasteiger partial charge in [-0.05, 0) is 30.5 Å². The van der Waals surface area contributed by atoms with Crippen molar-refractivity contribution in [1.29, 1.82) is 0 Å². The topological polar surface area (TPSA) is 87.3 Å². The molecule has 8 heteroatoms. The highest BCUT2D eigenvalue weighted by Gasteiger charge is 2.30. The maximum atomic E-state index is 12.1. The molecule has 0 aliphatic carbocycles. The molecule has 1 aromatic carbocycles. The number of carbonyl (C=O) groups is 1. The van der Waals surface area contributed by atoms with Crippen molar-refractivity contribution in [1.82, 2.24) is 15.4 Å². The summed E-state index contributed by atoms with van der Waals surface area (Å²) in [6.45, 7) is 5.18. The maximum absolute atomic E-state index is 12.1. The first kappa shape index (κ1) is 18.9. The van der Waals surface area contributed by atoms with Crippen molar-refractivity contribution in [2.75, 3.05) is 6.26 Å². The number of hydrogen-bond donors (Lipinski definition) is 3. The third-order valence-electron chi connectivity index (χ3n) is 3.36. The van der Waals surface area contributed by atoms with Crippen molar-refractivity contribution in [3.8, 4) is 0 Å². The summed E-state index contributed by atoms with van der Waals surface area (Å²) in [7, 11) is -3.44. The molecule has 1 aliphatic rings. The second kappa shape index (κ2) is 6.95. The van der Waals surface area contributed by atoms with Crippen molar-refractivity contribution < 1.29 is 13.2 Å². The lowest BCUT2D eigenvalue weighted by Crippen LogP contribution is -2.54. The van der Waals surface area contributed by atoms with E-state index in [2.05, 4.69) is 27.5 Å². The van der Waals surface area contributed by atoms with Crippen LogP contribution in [0.4, 0.5) is 0 Å². The molecule has 3 N–H and O–H groups in total. The van der Waals surface area contributed by atoms with E-state index in [9.17, 15) is 13.2 Å². The van der Waals surface area contributed by atoms with Gasteiger partial charge in [0.25, 0.3) is 0 Å². The van der Waals surface area contributed by atoms with Crippen molar-refractivity contribution in [3.63, 3.8) is 0 Å². The predicted molar refractivity (Wildman–Crippen MR) is 88.1 cm³/mol. The molecule has 0 radical (unpaired) electrons. The van der Waals surface area contributed by atoms with E-state index in [1.54, 1.807) is 0 Å². The first-order valence-electron chi connectivity index (χ1n) is 6.76. The molecule has 0 aromatic heterocycles. The van der Waals surface area contributed by atoms with Gasteiger partial charge in [0.1, 0.15) is 5.54 Å². The molecule has 0 unspecified atom stereocenters. The van der Waals surface area contributed by atoms with E-state index in [0.717, 1.165) is 24.9 Å². The Kier molecular flexibility index (Phi) is 5.97. The fraction of sp³-hybridized carbons (Fsp3) is 0.500. The lowest BCUT2D eigenvalue weighted by Gasteiger charge is -2.23. The van der Waals surface area contributed by atoms with Crippen LogP contribution in [0, 0.1) is 0 Å². The molecule has 1 heterocycles. The number of halogens is 1. The van der Waals surface area contributed by atoms with Gasteiger partial charge in [-0.15, -0.1) is 12.4 Å². The van der Waals surface area contributed by atoms with Crippen molar-refractivity contribution >= 4 is 28.3 Å². The van der Waals surface area contributed by atoms with Gasteiger partial charge < -0.3 is 10.6 Å². The van der Waals surface area contributed by atoms with E-state index < -0.39 is 15.6 Å². The minimum Gasteiger partial charge on any atom is -0.350 e. The Labute approximate surface area is 137 Å². The van der Waals surface area contributed by atoms with Gasteiger partial charge in [0, 0.05) is 19.6 Å². The van der Waals surface area contributed by atoms with E-state index in [4.69, 9.17) is 0 Å². The van der Waals surface area contributed by atoms with Crippen LogP contribution in [0.1, 0.15) is 30.5 Å². The molecule has 0 saturated heterocycles. The first-order valence-corrected chi connectivity index (χ1v) is 8.65. The van der Waals surface area contributed by atoms with Gasteiger partial charge in [0.2, 0.25) is 15.9 Å². The smallest absolute Gasteiger partial charge is 0.240 e. The highest BCUT2D eigenvalue weighted by atomic mass is 35.5. The van der Waals surface area contributed by atoms with E-state index in [-0.39, 0.29) is 18.3 Å². The largest absolute Gasteiger partial charge is 0.350 e. The molecular weight excluding hydrogens is 326 g/mol. The molecule has 1 aliphatic heterocycles. The zero-order valence-electron chi connectivity index (χ0n) is 12.9. The second-order valence-electron chi connectivity index (χ2n) is 5.89. The number of sulfonamides is 1. The Morgan fingerprint density at radius 2 is 1.91 bits per heavy atom. The Balaban J connectivity index is 0.00000242. The SMILES string of the molecule is CC(C)(NS(C)(=O)=O)C(=O)NCc1ccc2c(c1)CNC2.Cl. The molecule has 0 fully saturated rings. The molecule has 0 saturated carbocycles. The van der Waals surface area contributed by atoms with Gasteiger partial charge in [-0.1, -0.05) is 18.2 Å². The summed E-state index contributed by atoms with van der Waals surface area (Å²) in [5, 5.41) is 6.03. The van der Waals surface area contributed by atoms with Crippen LogP contribution in [-0.2, 0) is 34.5 Å². The van der Waals surface area contributed by atoms with Crippen molar-refractivity contribution in [2.24, 2.45) is 0 Å². The minimum atomic E-state index is -3.44. The zero-order valence-corrected chi connectivity index (χ0v) is 14.5. The number of nitrogens with one attached hydrogen (secondary N) is 3. The summed E-state index contributed by atoms with van der Waals surface area (Å²) < 4.78 is 24.8. The summed E-state index contributed by atoms with van der Waals surface area (Å²) in [4.78, 5) is 12.1. The summed E-state index contributed by atoms with van der Waals surface area (Å²) in [5.41, 5.74) is 2.35. The third-order valence-corrected chi connectivity index (χ3v) is 4.24. The van der Waals surface area contributed by atoms with Gasteiger partial charge in [0.05, 0.1) is 6.26 Å². The number of benzene rings is 1. The minimum absolute atomic E-state index is 0. The Bertz CT molecular complexity index is 659. The van der Waals surface area contributed by atoms with E-state index in [0.29, 0.717) is 6.54 Å². The molecule has 0 bridgehead atoms. The van der Waals surface area contributed by atoms with E-state index in [1.165, 1.54) is 25.0 Å². The van der Waals surface area contributed by atoms with Crippen molar-refractivity contribution in [2.45, 2.75) is 39.0 Å². The third kappa shape index (κ3) is 4.95. The zero-order chi connectivity index (χ0) is 15.7. The van der Waals surface area contributed by atoms with Gasteiger partial charge >= 0.3 is 0 Å².